The predicted molar refractivity (Wildman–Crippen MR) is 75.8 cm³/mol. The summed E-state index contributed by atoms with van der Waals surface area (Å²) in [6.45, 7) is 10.5. The van der Waals surface area contributed by atoms with E-state index in [1.165, 1.54) is 7.11 Å². The van der Waals surface area contributed by atoms with Crippen LogP contribution in [0.5, 0.6) is 0 Å². The quantitative estimate of drug-likeness (QED) is 0.734. The van der Waals surface area contributed by atoms with Gasteiger partial charge in [0.25, 0.3) is 0 Å². The highest BCUT2D eigenvalue weighted by Crippen LogP contribution is 2.13. The molecule has 0 aliphatic rings. The largest absolute Gasteiger partial charge is 0.467 e. The molecule has 0 saturated heterocycles. The van der Waals surface area contributed by atoms with Gasteiger partial charge in [-0.1, -0.05) is 34.6 Å². The molecule has 0 aliphatic heterocycles. The zero-order chi connectivity index (χ0) is 16.1. The first-order valence-electron chi connectivity index (χ1n) is 6.69. The van der Waals surface area contributed by atoms with Gasteiger partial charge in [-0.15, -0.1) is 0 Å². The van der Waals surface area contributed by atoms with E-state index in [4.69, 9.17) is 0 Å². The van der Waals surface area contributed by atoms with Crippen LogP contribution in [0.4, 0.5) is 0 Å². The van der Waals surface area contributed by atoms with Crippen molar-refractivity contribution in [2.75, 3.05) is 7.11 Å². The molecule has 2 N–H and O–H groups in total. The molecule has 0 heterocycles. The number of nitrogens with one attached hydrogen (secondary N) is 2. The summed E-state index contributed by atoms with van der Waals surface area (Å²) < 4.78 is 4.65. The fourth-order valence-corrected chi connectivity index (χ4v) is 1.38. The van der Waals surface area contributed by atoms with E-state index in [9.17, 15) is 14.4 Å². The molecule has 0 bridgehead atoms. The number of hydrogen-bond donors (Lipinski definition) is 2. The van der Waals surface area contributed by atoms with Crippen LogP contribution in [0, 0.1) is 11.3 Å². The van der Waals surface area contributed by atoms with Crippen molar-refractivity contribution in [3.63, 3.8) is 0 Å². The van der Waals surface area contributed by atoms with Crippen LogP contribution in [0.15, 0.2) is 0 Å². The second-order valence-electron chi connectivity index (χ2n) is 6.20. The summed E-state index contributed by atoms with van der Waals surface area (Å²) >= 11 is 0. The van der Waals surface area contributed by atoms with Crippen LogP contribution in [0.1, 0.15) is 41.5 Å². The lowest BCUT2D eigenvalue weighted by Crippen LogP contribution is -2.53. The van der Waals surface area contributed by atoms with E-state index >= 15 is 0 Å². The standard InChI is InChI=1S/C14H26N2O4/c1-8(2)10(12(18)20-7)16-11(17)9(3)15-13(19)14(4,5)6/h8-10H,1-7H3,(H,15,19)(H,16,17). The molecule has 0 saturated carbocycles. The third-order valence-corrected chi connectivity index (χ3v) is 2.84. The summed E-state index contributed by atoms with van der Waals surface area (Å²) in [4.78, 5) is 35.4. The molecule has 0 fully saturated rings. The van der Waals surface area contributed by atoms with Gasteiger partial charge in [-0.25, -0.2) is 4.79 Å². The molecule has 2 unspecified atom stereocenters. The zero-order valence-electron chi connectivity index (χ0n) is 13.4. The third kappa shape index (κ3) is 5.59. The molecule has 116 valence electrons. The van der Waals surface area contributed by atoms with Crippen molar-refractivity contribution < 1.29 is 19.1 Å². The van der Waals surface area contributed by atoms with Gasteiger partial charge >= 0.3 is 5.97 Å². The number of rotatable bonds is 5. The van der Waals surface area contributed by atoms with E-state index in [2.05, 4.69) is 15.4 Å². The van der Waals surface area contributed by atoms with Gasteiger partial charge in [-0.05, 0) is 12.8 Å². The maximum absolute atomic E-state index is 12.0. The van der Waals surface area contributed by atoms with E-state index < -0.39 is 29.4 Å². The minimum atomic E-state index is -0.721. The molecule has 6 nitrogen and oxygen atoms in total. The van der Waals surface area contributed by atoms with Gasteiger partial charge in [-0.3, -0.25) is 9.59 Å². The highest BCUT2D eigenvalue weighted by atomic mass is 16.5. The lowest BCUT2D eigenvalue weighted by Gasteiger charge is -2.24. The van der Waals surface area contributed by atoms with E-state index in [0.717, 1.165) is 0 Å². The van der Waals surface area contributed by atoms with Gasteiger partial charge in [-0.2, -0.15) is 0 Å². The second kappa shape index (κ2) is 7.26. The average molecular weight is 286 g/mol. The number of carbonyl (C=O) groups is 3. The zero-order valence-corrected chi connectivity index (χ0v) is 13.4. The first-order valence-corrected chi connectivity index (χ1v) is 6.69. The van der Waals surface area contributed by atoms with E-state index in [1.807, 2.05) is 0 Å². The van der Waals surface area contributed by atoms with E-state index in [0.29, 0.717) is 0 Å². The molecule has 0 aromatic rings. The Kier molecular flexibility index (Phi) is 6.68. The Balaban J connectivity index is 4.66. The van der Waals surface area contributed by atoms with Crippen molar-refractivity contribution in [1.29, 1.82) is 0 Å². The number of esters is 1. The molecule has 0 rings (SSSR count). The first kappa shape index (κ1) is 18.4. The highest BCUT2D eigenvalue weighted by molar-refractivity contribution is 5.91. The lowest BCUT2D eigenvalue weighted by molar-refractivity contribution is -0.146. The van der Waals surface area contributed by atoms with Crippen LogP contribution in [0.25, 0.3) is 0 Å². The average Bonchev–Trinajstić information content (AvgIpc) is 2.32. The molecule has 0 radical (unpaired) electrons. The molecule has 2 amide bonds. The fraction of sp³-hybridized carbons (Fsp3) is 0.786. The van der Waals surface area contributed by atoms with E-state index in [1.54, 1.807) is 41.5 Å². The van der Waals surface area contributed by atoms with Crippen LogP contribution in [0.3, 0.4) is 0 Å². The third-order valence-electron chi connectivity index (χ3n) is 2.84. The van der Waals surface area contributed by atoms with Crippen molar-refractivity contribution in [1.82, 2.24) is 10.6 Å². The van der Waals surface area contributed by atoms with Crippen molar-refractivity contribution in [3.8, 4) is 0 Å². The highest BCUT2D eigenvalue weighted by Gasteiger charge is 2.29. The van der Waals surface area contributed by atoms with Crippen molar-refractivity contribution in [3.05, 3.63) is 0 Å². The van der Waals surface area contributed by atoms with Gasteiger partial charge in [0.05, 0.1) is 7.11 Å². The normalized spacial score (nSPS) is 14.4. The molecular weight excluding hydrogens is 260 g/mol. The molecule has 0 aromatic heterocycles. The number of carbonyl (C=O) groups excluding carboxylic acids is 3. The molecule has 20 heavy (non-hydrogen) atoms. The van der Waals surface area contributed by atoms with Crippen LogP contribution in [-0.2, 0) is 19.1 Å². The lowest BCUT2D eigenvalue weighted by atomic mass is 9.95. The first-order chi connectivity index (χ1) is 9.00. The number of ether oxygens (including phenoxy) is 1. The number of methoxy groups -OCH3 is 1. The van der Waals surface area contributed by atoms with Gasteiger partial charge in [0, 0.05) is 5.41 Å². The minimum absolute atomic E-state index is 0.100. The Morgan fingerprint density at radius 1 is 1.00 bits per heavy atom. The second-order valence-corrected chi connectivity index (χ2v) is 6.20. The van der Waals surface area contributed by atoms with Gasteiger partial charge in [0.1, 0.15) is 12.1 Å². The number of hydrogen-bond acceptors (Lipinski definition) is 4. The Morgan fingerprint density at radius 2 is 1.50 bits per heavy atom. The van der Waals surface area contributed by atoms with Gasteiger partial charge in [0.15, 0.2) is 0 Å². The van der Waals surface area contributed by atoms with E-state index in [-0.39, 0.29) is 11.8 Å². The SMILES string of the molecule is COC(=O)C(NC(=O)C(C)NC(=O)C(C)(C)C)C(C)C. The van der Waals surface area contributed by atoms with Crippen molar-refractivity contribution in [2.45, 2.75) is 53.6 Å². The maximum atomic E-state index is 12.0. The summed E-state index contributed by atoms with van der Waals surface area (Å²) in [6.07, 6.45) is 0. The fourth-order valence-electron chi connectivity index (χ4n) is 1.38. The summed E-state index contributed by atoms with van der Waals surface area (Å²) in [6, 6.07) is -1.44. The summed E-state index contributed by atoms with van der Waals surface area (Å²) in [5.74, 6) is -1.23. The van der Waals surface area contributed by atoms with Gasteiger partial charge in [0.2, 0.25) is 11.8 Å². The Labute approximate surface area is 120 Å². The molecule has 0 spiro atoms. The van der Waals surface area contributed by atoms with Crippen LogP contribution >= 0.6 is 0 Å². The summed E-state index contributed by atoms with van der Waals surface area (Å²) in [5.41, 5.74) is -0.575. The smallest absolute Gasteiger partial charge is 0.328 e. The van der Waals surface area contributed by atoms with Gasteiger partial charge < -0.3 is 15.4 Å². The van der Waals surface area contributed by atoms with Crippen LogP contribution in [0.2, 0.25) is 0 Å². The van der Waals surface area contributed by atoms with Crippen LogP contribution in [-0.4, -0.2) is 37.0 Å². The van der Waals surface area contributed by atoms with Crippen LogP contribution < -0.4 is 10.6 Å². The molecule has 2 atom stereocenters. The summed E-state index contributed by atoms with van der Waals surface area (Å²) in [7, 11) is 1.27. The Morgan fingerprint density at radius 3 is 1.85 bits per heavy atom. The molecule has 0 aromatic carbocycles. The summed E-state index contributed by atoms with van der Waals surface area (Å²) in [5, 5.41) is 5.21. The maximum Gasteiger partial charge on any atom is 0.328 e. The predicted octanol–water partition coefficient (Wildman–Crippen LogP) is 0.851. The molecule has 6 heteroatoms. The topological polar surface area (TPSA) is 84.5 Å². The Bertz CT molecular complexity index is 372. The molecular formula is C14H26N2O4. The van der Waals surface area contributed by atoms with Crippen molar-refractivity contribution in [2.24, 2.45) is 11.3 Å². The number of amides is 2. The monoisotopic (exact) mass is 286 g/mol. The Hall–Kier alpha value is -1.59. The molecule has 0 aliphatic carbocycles. The van der Waals surface area contributed by atoms with Crippen molar-refractivity contribution >= 4 is 17.8 Å². The minimum Gasteiger partial charge on any atom is -0.467 e.